The van der Waals surface area contributed by atoms with E-state index in [0.717, 1.165) is 0 Å². The van der Waals surface area contributed by atoms with Gasteiger partial charge in [0.05, 0.1) is 18.2 Å². The normalized spacial score (nSPS) is 19.0. The van der Waals surface area contributed by atoms with Crippen LogP contribution in [-0.2, 0) is 16.1 Å². The molecule has 1 atom stereocenters. The number of imidazole rings is 1. The number of hydrogen-bond donors (Lipinski definition) is 2. The molecule has 1 saturated heterocycles. The molecule has 0 radical (unpaired) electrons. The number of nitrogens with zero attached hydrogens (tertiary/aromatic N) is 2. The molecule has 0 aliphatic carbocycles. The predicted octanol–water partition coefficient (Wildman–Crippen LogP) is 2.72. The zero-order valence-corrected chi connectivity index (χ0v) is 18.2. The number of rotatable bonds is 6. The molecule has 3 aromatic rings. The van der Waals surface area contributed by atoms with E-state index in [-0.39, 0.29) is 29.0 Å². The van der Waals surface area contributed by atoms with Crippen LogP contribution in [0.25, 0.3) is 5.76 Å². The molecule has 8 nitrogen and oxygen atoms in total. The van der Waals surface area contributed by atoms with Crippen molar-refractivity contribution in [2.45, 2.75) is 19.0 Å². The SMILES string of the molecule is O=C1C(=O)N(CCC[n+]2cc[nH]c2)C(c2ccccc2F)C1=C(O)c1ccc2c(c1)OCCO2. The van der Waals surface area contributed by atoms with Crippen molar-refractivity contribution in [3.8, 4) is 11.5 Å². The number of aromatic amines is 1. The maximum Gasteiger partial charge on any atom is 0.295 e. The van der Waals surface area contributed by atoms with E-state index in [2.05, 4.69) is 4.98 Å². The summed E-state index contributed by atoms with van der Waals surface area (Å²) >= 11 is 0. The van der Waals surface area contributed by atoms with Gasteiger partial charge in [-0.25, -0.2) is 8.96 Å². The fourth-order valence-corrected chi connectivity index (χ4v) is 4.36. The van der Waals surface area contributed by atoms with Crippen molar-refractivity contribution in [1.29, 1.82) is 0 Å². The minimum Gasteiger partial charge on any atom is -0.507 e. The van der Waals surface area contributed by atoms with Gasteiger partial charge in [0.15, 0.2) is 11.5 Å². The number of carbonyl (C=O) groups excluding carboxylic acids is 2. The highest BCUT2D eigenvalue weighted by Gasteiger charge is 2.46. The van der Waals surface area contributed by atoms with Crippen LogP contribution < -0.4 is 14.0 Å². The molecule has 0 bridgehead atoms. The van der Waals surface area contributed by atoms with Crippen LogP contribution in [0.1, 0.15) is 23.6 Å². The number of amides is 1. The first-order valence-electron chi connectivity index (χ1n) is 11.0. The van der Waals surface area contributed by atoms with E-state index in [4.69, 9.17) is 9.47 Å². The molecule has 2 aromatic carbocycles. The third kappa shape index (κ3) is 3.89. The first-order valence-corrected chi connectivity index (χ1v) is 11.0. The molecular weight excluding hydrogens is 441 g/mol. The van der Waals surface area contributed by atoms with Crippen molar-refractivity contribution in [2.24, 2.45) is 0 Å². The summed E-state index contributed by atoms with van der Waals surface area (Å²) in [7, 11) is 0. The molecule has 1 aromatic heterocycles. The monoisotopic (exact) mass is 464 g/mol. The van der Waals surface area contributed by atoms with Gasteiger partial charge in [-0.2, -0.15) is 0 Å². The Bertz CT molecular complexity index is 1270. The molecule has 2 aliphatic rings. The van der Waals surface area contributed by atoms with Crippen molar-refractivity contribution < 1.29 is 33.1 Å². The van der Waals surface area contributed by atoms with Gasteiger partial charge in [-0.1, -0.05) is 18.2 Å². The van der Waals surface area contributed by atoms with Crippen LogP contribution in [0.4, 0.5) is 4.39 Å². The fraction of sp³-hybridized carbons (Fsp3) is 0.240. The average molecular weight is 464 g/mol. The maximum absolute atomic E-state index is 14.9. The summed E-state index contributed by atoms with van der Waals surface area (Å²) in [6, 6.07) is 9.69. The summed E-state index contributed by atoms with van der Waals surface area (Å²) in [6.45, 7) is 1.58. The third-order valence-corrected chi connectivity index (χ3v) is 5.97. The molecular formula is C25H23FN3O5+. The van der Waals surface area contributed by atoms with E-state index in [9.17, 15) is 19.1 Å². The number of Topliss-reactive ketones (excluding diaryl/α,β-unsaturated/α-hetero) is 1. The maximum atomic E-state index is 14.9. The smallest absolute Gasteiger partial charge is 0.295 e. The van der Waals surface area contributed by atoms with Gasteiger partial charge in [0.25, 0.3) is 11.7 Å². The second-order valence-electron chi connectivity index (χ2n) is 8.08. The van der Waals surface area contributed by atoms with E-state index in [1.54, 1.807) is 36.8 Å². The number of carbonyl (C=O) groups is 2. The number of ether oxygens (including phenoxy) is 2. The van der Waals surface area contributed by atoms with Gasteiger partial charge in [0, 0.05) is 24.1 Å². The van der Waals surface area contributed by atoms with Gasteiger partial charge < -0.3 is 19.5 Å². The largest absolute Gasteiger partial charge is 0.507 e. The second-order valence-corrected chi connectivity index (χ2v) is 8.08. The Morgan fingerprint density at radius 2 is 1.94 bits per heavy atom. The summed E-state index contributed by atoms with van der Waals surface area (Å²) in [5.41, 5.74) is 0.280. The van der Waals surface area contributed by atoms with Gasteiger partial charge in [0.1, 0.15) is 37.2 Å². The molecule has 0 saturated carbocycles. The average Bonchev–Trinajstić information content (AvgIpc) is 3.46. The van der Waals surface area contributed by atoms with E-state index in [1.807, 2.05) is 10.8 Å². The van der Waals surface area contributed by atoms with Crippen LogP contribution in [0.15, 0.2) is 66.8 Å². The highest BCUT2D eigenvalue weighted by atomic mass is 19.1. The molecule has 174 valence electrons. The molecule has 3 heterocycles. The molecule has 2 N–H and O–H groups in total. The first kappa shape index (κ1) is 21.7. The van der Waals surface area contributed by atoms with Crippen LogP contribution in [-0.4, -0.2) is 46.4 Å². The lowest BCUT2D eigenvalue weighted by molar-refractivity contribution is -0.695. The van der Waals surface area contributed by atoms with Gasteiger partial charge in [0.2, 0.25) is 6.33 Å². The molecule has 2 aliphatic heterocycles. The number of aliphatic hydroxyl groups is 1. The number of likely N-dealkylation sites (tertiary alicyclic amines) is 1. The van der Waals surface area contributed by atoms with Crippen molar-refractivity contribution >= 4 is 17.4 Å². The quantitative estimate of drug-likeness (QED) is 0.253. The van der Waals surface area contributed by atoms with Gasteiger partial charge in [-0.3, -0.25) is 14.6 Å². The molecule has 1 fully saturated rings. The van der Waals surface area contributed by atoms with Crippen molar-refractivity contribution in [2.75, 3.05) is 19.8 Å². The van der Waals surface area contributed by atoms with E-state index >= 15 is 0 Å². The number of fused-ring (bicyclic) bond motifs is 1. The highest BCUT2D eigenvalue weighted by Crippen LogP contribution is 2.41. The fourth-order valence-electron chi connectivity index (χ4n) is 4.36. The Morgan fingerprint density at radius 1 is 1.15 bits per heavy atom. The number of aliphatic hydroxyl groups excluding tert-OH is 1. The van der Waals surface area contributed by atoms with Gasteiger partial charge >= 0.3 is 0 Å². The standard InChI is InChI=1S/C25H22FN3O5/c26-18-5-2-1-4-17(18)22-21(23(30)16-6-7-19-20(14-16)34-13-12-33-19)24(31)25(32)29(22)10-3-9-28-11-8-27-15-28/h1-2,4-8,11,14-15,22H,3,9-10,12-13H2,(H,30,31)/p+1. The Morgan fingerprint density at radius 3 is 2.71 bits per heavy atom. The lowest BCUT2D eigenvalue weighted by atomic mass is 9.94. The number of benzene rings is 2. The number of halogens is 1. The topological polar surface area (TPSA) is 95.7 Å². The predicted molar refractivity (Wildman–Crippen MR) is 118 cm³/mol. The number of H-pyrrole nitrogens is 1. The minimum atomic E-state index is -1.05. The van der Waals surface area contributed by atoms with Crippen LogP contribution in [0.5, 0.6) is 11.5 Å². The first-order chi connectivity index (χ1) is 16.5. The second kappa shape index (κ2) is 9.01. The van der Waals surface area contributed by atoms with Gasteiger partial charge in [-0.15, -0.1) is 0 Å². The van der Waals surface area contributed by atoms with Crippen LogP contribution >= 0.6 is 0 Å². The van der Waals surface area contributed by atoms with E-state index in [1.165, 1.54) is 23.1 Å². The number of aromatic nitrogens is 2. The van der Waals surface area contributed by atoms with Gasteiger partial charge in [-0.05, 0) is 24.3 Å². The lowest BCUT2D eigenvalue weighted by Crippen LogP contribution is -2.36. The summed E-state index contributed by atoms with van der Waals surface area (Å²) in [5.74, 6) is -1.62. The van der Waals surface area contributed by atoms with Crippen molar-refractivity contribution in [3.05, 3.63) is 83.7 Å². The molecule has 5 rings (SSSR count). The molecule has 1 amide bonds. The molecule has 34 heavy (non-hydrogen) atoms. The van der Waals surface area contributed by atoms with E-state index in [0.29, 0.717) is 37.7 Å². The minimum absolute atomic E-state index is 0.148. The Balaban J connectivity index is 1.55. The number of hydrogen-bond acceptors (Lipinski definition) is 5. The Hall–Kier alpha value is -4.14. The molecule has 9 heteroatoms. The molecule has 1 unspecified atom stereocenters. The van der Waals surface area contributed by atoms with Crippen LogP contribution in [0, 0.1) is 5.82 Å². The van der Waals surface area contributed by atoms with Crippen molar-refractivity contribution in [1.82, 2.24) is 9.88 Å². The molecule has 0 spiro atoms. The Labute approximate surface area is 194 Å². The third-order valence-electron chi connectivity index (χ3n) is 5.97. The summed E-state index contributed by atoms with van der Waals surface area (Å²) < 4.78 is 27.9. The van der Waals surface area contributed by atoms with Crippen LogP contribution in [0.2, 0.25) is 0 Å². The summed E-state index contributed by atoms with van der Waals surface area (Å²) in [4.78, 5) is 30.4. The van der Waals surface area contributed by atoms with Crippen LogP contribution in [0.3, 0.4) is 0 Å². The summed E-state index contributed by atoms with van der Waals surface area (Å²) in [6.07, 6.45) is 5.94. The Kier molecular flexibility index (Phi) is 5.75. The van der Waals surface area contributed by atoms with E-state index < -0.39 is 23.5 Å². The number of nitrogens with one attached hydrogen (secondary N) is 1. The number of ketones is 1. The zero-order chi connectivity index (χ0) is 23.7. The number of aryl methyl sites for hydroxylation is 1. The lowest BCUT2D eigenvalue weighted by Gasteiger charge is -2.25. The highest BCUT2D eigenvalue weighted by molar-refractivity contribution is 6.46. The summed E-state index contributed by atoms with van der Waals surface area (Å²) in [5, 5.41) is 11.2. The zero-order valence-electron chi connectivity index (χ0n) is 18.2. The van der Waals surface area contributed by atoms with Crippen molar-refractivity contribution in [3.63, 3.8) is 0 Å².